The summed E-state index contributed by atoms with van der Waals surface area (Å²) in [5.74, 6) is 0.675. The standard InChI is InChI=1S/C14H16N4O/c1-8-14(12(7-15)17-18(8)3)10-4-5-13-11(6-10)16-9(2)19-13/h4-6H,7,15H2,1-3H3. The molecular weight excluding hydrogens is 240 g/mol. The lowest BCUT2D eigenvalue weighted by Gasteiger charge is -2.02. The summed E-state index contributed by atoms with van der Waals surface area (Å²) in [5.41, 5.74) is 11.6. The largest absolute Gasteiger partial charge is 0.441 e. The van der Waals surface area contributed by atoms with E-state index in [2.05, 4.69) is 10.1 Å². The monoisotopic (exact) mass is 256 g/mol. The summed E-state index contributed by atoms with van der Waals surface area (Å²) in [6.45, 7) is 4.31. The first-order valence-corrected chi connectivity index (χ1v) is 6.20. The maximum absolute atomic E-state index is 5.78. The van der Waals surface area contributed by atoms with Crippen LogP contribution in [0.25, 0.3) is 22.2 Å². The molecule has 98 valence electrons. The zero-order valence-electron chi connectivity index (χ0n) is 11.3. The Kier molecular flexibility index (Phi) is 2.64. The van der Waals surface area contributed by atoms with Crippen molar-refractivity contribution in [3.05, 3.63) is 35.5 Å². The first-order chi connectivity index (χ1) is 9.10. The van der Waals surface area contributed by atoms with E-state index in [0.29, 0.717) is 12.4 Å². The van der Waals surface area contributed by atoms with Gasteiger partial charge in [-0.1, -0.05) is 6.07 Å². The average Bonchev–Trinajstić information content (AvgIpc) is 2.88. The first kappa shape index (κ1) is 11.9. The van der Waals surface area contributed by atoms with Crippen LogP contribution in [0.2, 0.25) is 0 Å². The molecule has 2 N–H and O–H groups in total. The molecule has 1 aromatic carbocycles. The van der Waals surface area contributed by atoms with E-state index in [4.69, 9.17) is 10.2 Å². The van der Waals surface area contributed by atoms with Gasteiger partial charge in [-0.25, -0.2) is 4.98 Å². The molecule has 3 aromatic rings. The molecular formula is C14H16N4O. The molecule has 0 saturated heterocycles. The van der Waals surface area contributed by atoms with E-state index in [1.807, 2.05) is 43.8 Å². The quantitative estimate of drug-likeness (QED) is 0.763. The summed E-state index contributed by atoms with van der Waals surface area (Å²) >= 11 is 0. The molecule has 0 saturated carbocycles. The number of nitrogens with zero attached hydrogens (tertiary/aromatic N) is 3. The van der Waals surface area contributed by atoms with Crippen molar-refractivity contribution >= 4 is 11.1 Å². The minimum Gasteiger partial charge on any atom is -0.441 e. The number of oxazole rings is 1. The van der Waals surface area contributed by atoms with Crippen molar-refractivity contribution in [3.63, 3.8) is 0 Å². The predicted molar refractivity (Wildman–Crippen MR) is 73.6 cm³/mol. The second kappa shape index (κ2) is 4.20. The summed E-state index contributed by atoms with van der Waals surface area (Å²) in [6, 6.07) is 5.99. The Labute approximate surface area is 111 Å². The molecule has 3 rings (SSSR count). The number of fused-ring (bicyclic) bond motifs is 1. The fraction of sp³-hybridized carbons (Fsp3) is 0.286. The Balaban J connectivity index is 2.23. The van der Waals surface area contributed by atoms with Gasteiger partial charge in [0.2, 0.25) is 0 Å². The van der Waals surface area contributed by atoms with E-state index < -0.39 is 0 Å². The van der Waals surface area contributed by atoms with Gasteiger partial charge in [-0.3, -0.25) is 4.68 Å². The van der Waals surface area contributed by atoms with E-state index >= 15 is 0 Å². The van der Waals surface area contributed by atoms with Crippen molar-refractivity contribution in [2.45, 2.75) is 20.4 Å². The Hall–Kier alpha value is -2.14. The summed E-state index contributed by atoms with van der Waals surface area (Å²) in [4.78, 5) is 4.37. The van der Waals surface area contributed by atoms with Gasteiger partial charge in [0.25, 0.3) is 0 Å². The second-order valence-electron chi connectivity index (χ2n) is 4.65. The van der Waals surface area contributed by atoms with Crippen molar-refractivity contribution in [2.75, 3.05) is 0 Å². The summed E-state index contributed by atoms with van der Waals surface area (Å²) in [6.07, 6.45) is 0. The number of aromatic nitrogens is 3. The molecule has 0 spiro atoms. The van der Waals surface area contributed by atoms with Crippen LogP contribution in [0.4, 0.5) is 0 Å². The normalized spacial score (nSPS) is 11.4. The Morgan fingerprint density at radius 1 is 1.32 bits per heavy atom. The van der Waals surface area contributed by atoms with Gasteiger partial charge < -0.3 is 10.2 Å². The molecule has 0 aliphatic carbocycles. The molecule has 5 heteroatoms. The van der Waals surface area contributed by atoms with Crippen LogP contribution in [0, 0.1) is 13.8 Å². The number of hydrogen-bond acceptors (Lipinski definition) is 4. The highest BCUT2D eigenvalue weighted by Crippen LogP contribution is 2.29. The van der Waals surface area contributed by atoms with Gasteiger partial charge >= 0.3 is 0 Å². The van der Waals surface area contributed by atoms with Gasteiger partial charge in [-0.2, -0.15) is 5.10 Å². The summed E-state index contributed by atoms with van der Waals surface area (Å²) < 4.78 is 7.35. The highest BCUT2D eigenvalue weighted by molar-refractivity contribution is 5.81. The lowest BCUT2D eigenvalue weighted by molar-refractivity contribution is 0.561. The average molecular weight is 256 g/mol. The molecule has 0 unspecified atom stereocenters. The van der Waals surface area contributed by atoms with Crippen LogP contribution in [0.3, 0.4) is 0 Å². The summed E-state index contributed by atoms with van der Waals surface area (Å²) in [5, 5.41) is 4.44. The molecule has 0 amide bonds. The molecule has 0 bridgehead atoms. The van der Waals surface area contributed by atoms with Crippen molar-refractivity contribution in [1.29, 1.82) is 0 Å². The zero-order valence-corrected chi connectivity index (χ0v) is 11.3. The van der Waals surface area contributed by atoms with E-state index in [1.165, 1.54) is 0 Å². The van der Waals surface area contributed by atoms with Crippen LogP contribution in [0.15, 0.2) is 22.6 Å². The minimum atomic E-state index is 0.424. The van der Waals surface area contributed by atoms with Gasteiger partial charge in [-0.05, 0) is 24.6 Å². The maximum Gasteiger partial charge on any atom is 0.192 e. The van der Waals surface area contributed by atoms with E-state index in [0.717, 1.165) is 33.6 Å². The number of hydrogen-bond donors (Lipinski definition) is 1. The molecule has 0 atom stereocenters. The second-order valence-corrected chi connectivity index (χ2v) is 4.65. The van der Waals surface area contributed by atoms with Gasteiger partial charge in [0.05, 0.1) is 5.69 Å². The highest BCUT2D eigenvalue weighted by atomic mass is 16.3. The Bertz CT molecular complexity index is 754. The van der Waals surface area contributed by atoms with Crippen LogP contribution in [-0.2, 0) is 13.6 Å². The topological polar surface area (TPSA) is 69.9 Å². The van der Waals surface area contributed by atoms with Crippen LogP contribution in [-0.4, -0.2) is 14.8 Å². The van der Waals surface area contributed by atoms with Gasteiger partial charge in [0.1, 0.15) is 5.52 Å². The van der Waals surface area contributed by atoms with Crippen LogP contribution >= 0.6 is 0 Å². The van der Waals surface area contributed by atoms with Gasteiger partial charge in [0.15, 0.2) is 11.5 Å². The number of aryl methyl sites for hydroxylation is 2. The molecule has 2 heterocycles. The molecule has 0 aliphatic rings. The summed E-state index contributed by atoms with van der Waals surface area (Å²) in [7, 11) is 1.93. The van der Waals surface area contributed by atoms with Crippen molar-refractivity contribution in [1.82, 2.24) is 14.8 Å². The van der Waals surface area contributed by atoms with Gasteiger partial charge in [-0.15, -0.1) is 0 Å². The minimum absolute atomic E-state index is 0.424. The third kappa shape index (κ3) is 1.82. The van der Waals surface area contributed by atoms with Crippen LogP contribution < -0.4 is 5.73 Å². The first-order valence-electron chi connectivity index (χ1n) is 6.20. The van der Waals surface area contributed by atoms with E-state index in [1.54, 1.807) is 0 Å². The Morgan fingerprint density at radius 2 is 2.11 bits per heavy atom. The van der Waals surface area contributed by atoms with Crippen molar-refractivity contribution in [2.24, 2.45) is 12.8 Å². The van der Waals surface area contributed by atoms with Crippen molar-refractivity contribution in [3.8, 4) is 11.1 Å². The molecule has 0 aliphatic heterocycles. The van der Waals surface area contributed by atoms with E-state index in [9.17, 15) is 0 Å². The smallest absolute Gasteiger partial charge is 0.192 e. The third-order valence-corrected chi connectivity index (χ3v) is 3.38. The molecule has 0 radical (unpaired) electrons. The number of nitrogens with two attached hydrogens (primary N) is 1. The fourth-order valence-corrected chi connectivity index (χ4v) is 2.39. The van der Waals surface area contributed by atoms with Crippen molar-refractivity contribution < 1.29 is 4.42 Å². The maximum atomic E-state index is 5.78. The SMILES string of the molecule is Cc1nc2cc(-c3c(CN)nn(C)c3C)ccc2o1. The molecule has 2 aromatic heterocycles. The zero-order chi connectivity index (χ0) is 13.6. The van der Waals surface area contributed by atoms with Crippen LogP contribution in [0.5, 0.6) is 0 Å². The lowest BCUT2D eigenvalue weighted by atomic mass is 10.0. The lowest BCUT2D eigenvalue weighted by Crippen LogP contribution is -1.99. The fourth-order valence-electron chi connectivity index (χ4n) is 2.39. The Morgan fingerprint density at radius 3 is 2.84 bits per heavy atom. The molecule has 5 nitrogen and oxygen atoms in total. The highest BCUT2D eigenvalue weighted by Gasteiger charge is 2.15. The molecule has 19 heavy (non-hydrogen) atoms. The van der Waals surface area contributed by atoms with Gasteiger partial charge in [0, 0.05) is 31.8 Å². The predicted octanol–water partition coefficient (Wildman–Crippen LogP) is 2.30. The molecule has 0 fully saturated rings. The number of benzene rings is 1. The number of rotatable bonds is 2. The third-order valence-electron chi connectivity index (χ3n) is 3.38. The van der Waals surface area contributed by atoms with Crippen LogP contribution in [0.1, 0.15) is 17.3 Å². The van der Waals surface area contributed by atoms with E-state index in [-0.39, 0.29) is 0 Å².